The summed E-state index contributed by atoms with van der Waals surface area (Å²) >= 11 is 0. The molecular formula is C25H32N4O. The minimum absolute atomic E-state index is 0.108. The Morgan fingerprint density at radius 2 is 1.90 bits per heavy atom. The van der Waals surface area contributed by atoms with Crippen LogP contribution >= 0.6 is 0 Å². The molecule has 5 nitrogen and oxygen atoms in total. The zero-order valence-electron chi connectivity index (χ0n) is 18.7. The van der Waals surface area contributed by atoms with E-state index in [1.165, 1.54) is 11.1 Å². The average molecular weight is 405 g/mol. The van der Waals surface area contributed by atoms with E-state index < -0.39 is 0 Å². The first-order valence-corrected chi connectivity index (χ1v) is 10.9. The molecule has 2 heterocycles. The van der Waals surface area contributed by atoms with Crippen LogP contribution in [0.2, 0.25) is 0 Å². The van der Waals surface area contributed by atoms with Gasteiger partial charge in [0.15, 0.2) is 0 Å². The normalized spacial score (nSPS) is 17.2. The second-order valence-corrected chi connectivity index (χ2v) is 8.88. The molecule has 1 fully saturated rings. The molecule has 1 aromatic heterocycles. The molecule has 0 saturated carbocycles. The monoisotopic (exact) mass is 404 g/mol. The molecule has 5 heteroatoms. The van der Waals surface area contributed by atoms with Gasteiger partial charge in [-0.1, -0.05) is 18.2 Å². The van der Waals surface area contributed by atoms with Gasteiger partial charge in [-0.2, -0.15) is 0 Å². The van der Waals surface area contributed by atoms with Crippen LogP contribution in [0.5, 0.6) is 0 Å². The van der Waals surface area contributed by atoms with E-state index in [1.54, 1.807) is 0 Å². The number of hydrogen-bond donors (Lipinski definition) is 0. The molecule has 0 bridgehead atoms. The Balaban J connectivity index is 1.47. The van der Waals surface area contributed by atoms with E-state index in [1.807, 2.05) is 31.0 Å². The highest BCUT2D eigenvalue weighted by Crippen LogP contribution is 2.21. The molecule has 4 rings (SSSR count). The maximum Gasteiger partial charge on any atom is 0.253 e. The number of amides is 1. The Morgan fingerprint density at radius 3 is 2.57 bits per heavy atom. The van der Waals surface area contributed by atoms with Crippen LogP contribution < -0.4 is 0 Å². The first kappa shape index (κ1) is 20.6. The van der Waals surface area contributed by atoms with Crippen molar-refractivity contribution in [3.05, 3.63) is 65.0 Å². The number of carbonyl (C=O) groups excluding carboxylic acids is 1. The van der Waals surface area contributed by atoms with Gasteiger partial charge in [-0.25, -0.2) is 4.98 Å². The van der Waals surface area contributed by atoms with E-state index >= 15 is 0 Å². The van der Waals surface area contributed by atoms with Crippen molar-refractivity contribution in [2.24, 2.45) is 0 Å². The number of aryl methyl sites for hydroxylation is 2. The maximum atomic E-state index is 13.0. The van der Waals surface area contributed by atoms with E-state index in [4.69, 9.17) is 4.98 Å². The van der Waals surface area contributed by atoms with E-state index in [0.717, 1.165) is 48.5 Å². The summed E-state index contributed by atoms with van der Waals surface area (Å²) in [5.74, 6) is 1.11. The minimum Gasteiger partial charge on any atom is -0.337 e. The third-order valence-corrected chi connectivity index (χ3v) is 6.43. The van der Waals surface area contributed by atoms with Gasteiger partial charge in [0.25, 0.3) is 5.91 Å². The SMILES string of the molecule is Cc1ccc2c(c1)nc(C)n2Cc1ccc(C(=O)N(C)C2CCN(C(C)C)C2)cc1. The number of nitrogens with zero attached hydrogens (tertiary/aromatic N) is 4. The number of likely N-dealkylation sites (N-methyl/N-ethyl adjacent to an activating group) is 1. The van der Waals surface area contributed by atoms with Crippen LogP contribution in [0.4, 0.5) is 0 Å². The fraction of sp³-hybridized carbons (Fsp3) is 0.440. The quantitative estimate of drug-likeness (QED) is 0.638. The van der Waals surface area contributed by atoms with Crippen LogP contribution in [-0.4, -0.2) is 57.5 Å². The van der Waals surface area contributed by atoms with Gasteiger partial charge in [0.05, 0.1) is 11.0 Å². The van der Waals surface area contributed by atoms with Crippen LogP contribution in [0, 0.1) is 13.8 Å². The largest absolute Gasteiger partial charge is 0.337 e. The summed E-state index contributed by atoms with van der Waals surface area (Å²) in [6, 6.07) is 15.3. The smallest absolute Gasteiger partial charge is 0.253 e. The van der Waals surface area contributed by atoms with Gasteiger partial charge in [0.1, 0.15) is 5.82 Å². The minimum atomic E-state index is 0.108. The van der Waals surface area contributed by atoms with Crippen LogP contribution in [0.1, 0.15) is 47.6 Å². The molecule has 0 radical (unpaired) electrons. The highest BCUT2D eigenvalue weighted by molar-refractivity contribution is 5.94. The zero-order valence-corrected chi connectivity index (χ0v) is 18.7. The Labute approximate surface area is 179 Å². The van der Waals surface area contributed by atoms with Crippen molar-refractivity contribution < 1.29 is 4.79 Å². The van der Waals surface area contributed by atoms with Crippen molar-refractivity contribution in [1.82, 2.24) is 19.4 Å². The van der Waals surface area contributed by atoms with Gasteiger partial charge in [-0.15, -0.1) is 0 Å². The van der Waals surface area contributed by atoms with E-state index in [9.17, 15) is 4.79 Å². The standard InChI is InChI=1S/C25H32N4O/c1-17(2)28-13-12-22(16-28)27(5)25(30)21-9-7-20(8-10-21)15-29-19(4)26-23-14-18(3)6-11-24(23)29/h6-11,14,17,22H,12-13,15-16H2,1-5H3. The van der Waals surface area contributed by atoms with Gasteiger partial charge >= 0.3 is 0 Å². The zero-order chi connectivity index (χ0) is 21.4. The number of carbonyl (C=O) groups is 1. The fourth-order valence-corrected chi connectivity index (χ4v) is 4.42. The van der Waals surface area contributed by atoms with Crippen LogP contribution in [0.25, 0.3) is 11.0 Å². The highest BCUT2D eigenvalue weighted by Gasteiger charge is 2.29. The highest BCUT2D eigenvalue weighted by atomic mass is 16.2. The third-order valence-electron chi connectivity index (χ3n) is 6.43. The Hall–Kier alpha value is -2.66. The number of fused-ring (bicyclic) bond motifs is 1. The molecule has 0 N–H and O–H groups in total. The first-order chi connectivity index (χ1) is 14.3. The maximum absolute atomic E-state index is 13.0. The summed E-state index contributed by atoms with van der Waals surface area (Å²) in [7, 11) is 1.94. The van der Waals surface area contributed by atoms with Gasteiger partial charge < -0.3 is 9.47 Å². The van der Waals surface area contributed by atoms with Gasteiger partial charge in [0.2, 0.25) is 0 Å². The number of imidazole rings is 1. The van der Waals surface area contributed by atoms with Crippen LogP contribution in [0.15, 0.2) is 42.5 Å². The number of benzene rings is 2. The molecule has 1 aliphatic heterocycles. The van der Waals surface area contributed by atoms with Crippen LogP contribution in [-0.2, 0) is 6.54 Å². The lowest BCUT2D eigenvalue weighted by Crippen LogP contribution is -2.40. The molecule has 1 amide bonds. The molecule has 2 aromatic carbocycles. The predicted molar refractivity (Wildman–Crippen MR) is 122 cm³/mol. The lowest BCUT2D eigenvalue weighted by molar-refractivity contribution is 0.0732. The molecule has 158 valence electrons. The summed E-state index contributed by atoms with van der Waals surface area (Å²) in [5.41, 5.74) is 5.33. The second-order valence-electron chi connectivity index (χ2n) is 8.88. The molecule has 0 aliphatic carbocycles. The number of likely N-dealkylation sites (tertiary alicyclic amines) is 1. The average Bonchev–Trinajstić information content (AvgIpc) is 3.33. The van der Waals surface area contributed by atoms with Gasteiger partial charge in [0, 0.05) is 44.3 Å². The summed E-state index contributed by atoms with van der Waals surface area (Å²) in [6.45, 7) is 11.4. The van der Waals surface area contributed by atoms with Crippen LogP contribution in [0.3, 0.4) is 0 Å². The summed E-state index contributed by atoms with van der Waals surface area (Å²) in [4.78, 5) is 22.1. The molecule has 1 saturated heterocycles. The topological polar surface area (TPSA) is 41.4 Å². The third kappa shape index (κ3) is 3.99. The van der Waals surface area contributed by atoms with Gasteiger partial charge in [-0.05, 0) is 69.5 Å². The Kier molecular flexibility index (Phi) is 5.65. The van der Waals surface area contributed by atoms with Crippen molar-refractivity contribution in [1.29, 1.82) is 0 Å². The molecular weight excluding hydrogens is 372 g/mol. The number of rotatable bonds is 5. The van der Waals surface area contributed by atoms with Crippen molar-refractivity contribution in [3.63, 3.8) is 0 Å². The fourth-order valence-electron chi connectivity index (χ4n) is 4.42. The first-order valence-electron chi connectivity index (χ1n) is 10.9. The number of hydrogen-bond acceptors (Lipinski definition) is 3. The summed E-state index contributed by atoms with van der Waals surface area (Å²) in [5, 5.41) is 0. The van der Waals surface area contributed by atoms with E-state index in [0.29, 0.717) is 12.1 Å². The predicted octanol–water partition coefficient (Wildman–Crippen LogP) is 4.26. The lowest BCUT2D eigenvalue weighted by atomic mass is 10.1. The summed E-state index contributed by atoms with van der Waals surface area (Å²) in [6.07, 6.45) is 1.05. The van der Waals surface area contributed by atoms with Crippen molar-refractivity contribution >= 4 is 16.9 Å². The second kappa shape index (κ2) is 8.23. The Morgan fingerprint density at radius 1 is 1.17 bits per heavy atom. The molecule has 1 atom stereocenters. The van der Waals surface area contributed by atoms with E-state index in [-0.39, 0.29) is 5.91 Å². The Bertz CT molecular complexity index is 1050. The lowest BCUT2D eigenvalue weighted by Gasteiger charge is -2.26. The van der Waals surface area contributed by atoms with E-state index in [2.05, 4.69) is 60.6 Å². The summed E-state index contributed by atoms with van der Waals surface area (Å²) < 4.78 is 2.23. The molecule has 1 aliphatic rings. The van der Waals surface area contributed by atoms with Gasteiger partial charge in [-0.3, -0.25) is 9.69 Å². The molecule has 0 spiro atoms. The van der Waals surface area contributed by atoms with Crippen molar-refractivity contribution in [2.45, 2.75) is 52.7 Å². The molecule has 1 unspecified atom stereocenters. The number of aromatic nitrogens is 2. The molecule has 3 aromatic rings. The molecule has 30 heavy (non-hydrogen) atoms. The van der Waals surface area contributed by atoms with Crippen molar-refractivity contribution in [3.8, 4) is 0 Å². The van der Waals surface area contributed by atoms with Crippen molar-refractivity contribution in [2.75, 3.05) is 20.1 Å².